The second-order valence-corrected chi connectivity index (χ2v) is 8.70. The summed E-state index contributed by atoms with van der Waals surface area (Å²) in [6, 6.07) is 20.3. The molecule has 0 saturated heterocycles. The van der Waals surface area contributed by atoms with E-state index in [1.165, 1.54) is 5.56 Å². The van der Waals surface area contributed by atoms with Crippen molar-refractivity contribution in [3.05, 3.63) is 82.9 Å². The van der Waals surface area contributed by atoms with Gasteiger partial charge in [-0.2, -0.15) is 0 Å². The van der Waals surface area contributed by atoms with Crippen LogP contribution in [-0.4, -0.2) is 40.6 Å². The molecule has 0 bridgehead atoms. The second-order valence-electron chi connectivity index (χ2n) is 7.84. The first kappa shape index (κ1) is 22.8. The molecule has 0 unspecified atom stereocenters. The molecule has 1 amide bonds. The topological polar surface area (TPSA) is 47.4 Å². The number of rotatable bonds is 8. The van der Waals surface area contributed by atoms with Crippen LogP contribution < -0.4 is 4.74 Å². The van der Waals surface area contributed by atoms with Crippen LogP contribution in [0.5, 0.6) is 5.75 Å². The minimum absolute atomic E-state index is 0.0659. The number of hydrogen-bond acceptors (Lipinski definition) is 4. The minimum atomic E-state index is 0.0659. The third kappa shape index (κ3) is 4.71. The molecule has 4 aromatic rings. The van der Waals surface area contributed by atoms with E-state index in [-0.39, 0.29) is 5.91 Å². The highest BCUT2D eigenvalue weighted by Gasteiger charge is 2.23. The van der Waals surface area contributed by atoms with E-state index in [1.54, 1.807) is 18.4 Å². The summed E-state index contributed by atoms with van der Waals surface area (Å²) in [4.78, 5) is 20.1. The number of amides is 1. The van der Waals surface area contributed by atoms with E-state index in [9.17, 15) is 4.79 Å². The number of nitrogens with zero attached hydrogens (tertiary/aromatic N) is 3. The van der Waals surface area contributed by atoms with E-state index in [0.717, 1.165) is 39.0 Å². The molecule has 0 saturated carbocycles. The Morgan fingerprint density at radius 1 is 1.06 bits per heavy atom. The molecule has 0 aliphatic rings. The smallest absolute Gasteiger partial charge is 0.255 e. The van der Waals surface area contributed by atoms with Crippen molar-refractivity contribution in [1.82, 2.24) is 14.5 Å². The monoisotopic (exact) mass is 459 g/mol. The Kier molecular flexibility index (Phi) is 6.94. The SMILES string of the molecule is CCN(CC)C(=O)c1cc(-c2csc(-c3ccc(OC)cc3)n2)n(Cc2ccccc2)c1C. The maximum atomic E-state index is 13.2. The number of ether oxygens (including phenoxy) is 1. The molecule has 0 N–H and O–H groups in total. The van der Waals surface area contributed by atoms with Crippen molar-refractivity contribution in [1.29, 1.82) is 0 Å². The maximum absolute atomic E-state index is 13.2. The quantitative estimate of drug-likeness (QED) is 0.319. The normalized spacial score (nSPS) is 10.9. The largest absolute Gasteiger partial charge is 0.497 e. The van der Waals surface area contributed by atoms with Crippen molar-refractivity contribution in [3.63, 3.8) is 0 Å². The first-order valence-electron chi connectivity index (χ1n) is 11.2. The van der Waals surface area contributed by atoms with Crippen molar-refractivity contribution in [2.45, 2.75) is 27.3 Å². The Bertz CT molecular complexity index is 1220. The Morgan fingerprint density at radius 2 is 1.76 bits per heavy atom. The molecular formula is C27H29N3O2S. The number of benzene rings is 2. The molecule has 0 fully saturated rings. The van der Waals surface area contributed by atoms with Crippen LogP contribution in [0.15, 0.2) is 66.0 Å². The molecule has 2 aromatic carbocycles. The van der Waals surface area contributed by atoms with E-state index in [4.69, 9.17) is 9.72 Å². The maximum Gasteiger partial charge on any atom is 0.255 e. The summed E-state index contributed by atoms with van der Waals surface area (Å²) in [5, 5.41) is 3.01. The van der Waals surface area contributed by atoms with Crippen LogP contribution in [0.1, 0.15) is 35.5 Å². The molecule has 2 aromatic heterocycles. The lowest BCUT2D eigenvalue weighted by Gasteiger charge is -2.18. The van der Waals surface area contributed by atoms with Gasteiger partial charge in [-0.3, -0.25) is 4.79 Å². The fraction of sp³-hybridized carbons (Fsp3) is 0.259. The number of hydrogen-bond donors (Lipinski definition) is 0. The number of thiazole rings is 1. The van der Waals surface area contributed by atoms with E-state index >= 15 is 0 Å². The zero-order valence-electron chi connectivity index (χ0n) is 19.5. The second kappa shape index (κ2) is 10.0. The number of aromatic nitrogens is 2. The summed E-state index contributed by atoms with van der Waals surface area (Å²) in [6.45, 7) is 8.11. The van der Waals surface area contributed by atoms with Crippen molar-refractivity contribution >= 4 is 17.2 Å². The van der Waals surface area contributed by atoms with Crippen molar-refractivity contribution in [2.24, 2.45) is 0 Å². The molecule has 33 heavy (non-hydrogen) atoms. The first-order chi connectivity index (χ1) is 16.0. The Labute approximate surface area is 199 Å². The predicted octanol–water partition coefficient (Wildman–Crippen LogP) is 6.13. The van der Waals surface area contributed by atoms with Crippen molar-refractivity contribution in [3.8, 4) is 27.7 Å². The molecule has 0 aliphatic carbocycles. The minimum Gasteiger partial charge on any atom is -0.497 e. The number of carbonyl (C=O) groups is 1. The summed E-state index contributed by atoms with van der Waals surface area (Å²) < 4.78 is 7.48. The highest BCUT2D eigenvalue weighted by Crippen LogP contribution is 2.33. The molecule has 5 nitrogen and oxygen atoms in total. The van der Waals surface area contributed by atoms with Gasteiger partial charge < -0.3 is 14.2 Å². The van der Waals surface area contributed by atoms with Gasteiger partial charge in [-0.25, -0.2) is 4.98 Å². The predicted molar refractivity (Wildman–Crippen MR) is 135 cm³/mol. The molecule has 0 atom stereocenters. The van der Waals surface area contributed by atoms with E-state index in [0.29, 0.717) is 19.6 Å². The molecule has 0 radical (unpaired) electrons. The van der Waals surface area contributed by atoms with Gasteiger partial charge in [0.2, 0.25) is 0 Å². The molecular weight excluding hydrogens is 430 g/mol. The summed E-state index contributed by atoms with van der Waals surface area (Å²) >= 11 is 1.60. The zero-order valence-corrected chi connectivity index (χ0v) is 20.4. The highest BCUT2D eigenvalue weighted by atomic mass is 32.1. The Hall–Kier alpha value is -3.38. The Balaban J connectivity index is 1.77. The van der Waals surface area contributed by atoms with Crippen LogP contribution in [0, 0.1) is 6.92 Å². The van der Waals surface area contributed by atoms with E-state index < -0.39 is 0 Å². The average molecular weight is 460 g/mol. The van der Waals surface area contributed by atoms with Gasteiger partial charge in [0.05, 0.1) is 24.1 Å². The van der Waals surface area contributed by atoms with Gasteiger partial charge in [0.1, 0.15) is 10.8 Å². The summed E-state index contributed by atoms with van der Waals surface area (Å²) in [5.74, 6) is 0.888. The average Bonchev–Trinajstić information content (AvgIpc) is 3.46. The highest BCUT2D eigenvalue weighted by molar-refractivity contribution is 7.13. The molecule has 0 aliphatic heterocycles. The molecule has 170 valence electrons. The fourth-order valence-corrected chi connectivity index (χ4v) is 4.80. The number of methoxy groups -OCH3 is 1. The summed E-state index contributed by atoms with van der Waals surface area (Å²) in [6.07, 6.45) is 0. The van der Waals surface area contributed by atoms with E-state index in [1.807, 2.05) is 74.2 Å². The van der Waals surface area contributed by atoms with Crippen LogP contribution in [0.25, 0.3) is 22.0 Å². The van der Waals surface area contributed by atoms with Crippen LogP contribution in [0.3, 0.4) is 0 Å². The van der Waals surface area contributed by atoms with Crippen molar-refractivity contribution < 1.29 is 9.53 Å². The van der Waals surface area contributed by atoms with Crippen LogP contribution in [-0.2, 0) is 6.54 Å². The van der Waals surface area contributed by atoms with Gasteiger partial charge in [0.25, 0.3) is 5.91 Å². The molecule has 4 rings (SSSR count). The van der Waals surface area contributed by atoms with Crippen LogP contribution in [0.2, 0.25) is 0 Å². The summed E-state index contributed by atoms with van der Waals surface area (Å²) in [7, 11) is 1.66. The van der Waals surface area contributed by atoms with Gasteiger partial charge in [-0.05, 0) is 56.7 Å². The third-order valence-electron chi connectivity index (χ3n) is 5.93. The van der Waals surface area contributed by atoms with Gasteiger partial charge in [-0.1, -0.05) is 30.3 Å². The first-order valence-corrected chi connectivity index (χ1v) is 12.1. The van der Waals surface area contributed by atoms with Gasteiger partial charge in [0.15, 0.2) is 0 Å². The molecule has 6 heteroatoms. The van der Waals surface area contributed by atoms with E-state index in [2.05, 4.69) is 22.1 Å². The van der Waals surface area contributed by atoms with Crippen LogP contribution >= 0.6 is 11.3 Å². The van der Waals surface area contributed by atoms with Crippen molar-refractivity contribution in [2.75, 3.05) is 20.2 Å². The third-order valence-corrected chi connectivity index (χ3v) is 6.83. The van der Waals surface area contributed by atoms with Crippen LogP contribution in [0.4, 0.5) is 0 Å². The van der Waals surface area contributed by atoms with Gasteiger partial charge in [-0.15, -0.1) is 11.3 Å². The van der Waals surface area contributed by atoms with Gasteiger partial charge >= 0.3 is 0 Å². The molecule has 0 spiro atoms. The zero-order chi connectivity index (χ0) is 23.4. The lowest BCUT2D eigenvalue weighted by molar-refractivity contribution is 0.0772. The molecule has 2 heterocycles. The standard InChI is InChI=1S/C27H29N3O2S/c1-5-29(6-2)27(31)23-16-25(30(19(23)3)17-20-10-8-7-9-11-20)24-18-33-26(28-24)21-12-14-22(32-4)15-13-21/h7-16,18H,5-6,17H2,1-4H3. The lowest BCUT2D eigenvalue weighted by atomic mass is 10.2. The number of carbonyl (C=O) groups excluding carboxylic acids is 1. The fourth-order valence-electron chi connectivity index (χ4n) is 3.98. The Morgan fingerprint density at radius 3 is 2.39 bits per heavy atom. The van der Waals surface area contributed by atoms with Gasteiger partial charge in [0, 0.05) is 36.3 Å². The lowest BCUT2D eigenvalue weighted by Crippen LogP contribution is -2.30. The summed E-state index contributed by atoms with van der Waals surface area (Å²) in [5.41, 5.74) is 5.77.